The highest BCUT2D eigenvalue weighted by Gasteiger charge is 2.17. The zero-order chi connectivity index (χ0) is 23.9. The summed E-state index contributed by atoms with van der Waals surface area (Å²) in [5, 5.41) is 5.03. The van der Waals surface area contributed by atoms with E-state index in [-0.39, 0.29) is 5.56 Å². The van der Waals surface area contributed by atoms with Gasteiger partial charge in [-0.1, -0.05) is 0 Å². The third kappa shape index (κ3) is 3.50. The fraction of sp³-hybridized carbons (Fsp3) is 0.200. The summed E-state index contributed by atoms with van der Waals surface area (Å²) in [6.07, 6.45) is 4.02. The van der Waals surface area contributed by atoms with Gasteiger partial charge in [-0.3, -0.25) is 9.36 Å². The summed E-state index contributed by atoms with van der Waals surface area (Å²) < 4.78 is 25.4. The lowest BCUT2D eigenvalue weighted by Gasteiger charge is -2.13. The van der Waals surface area contributed by atoms with Crippen LogP contribution >= 0.6 is 0 Å². The summed E-state index contributed by atoms with van der Waals surface area (Å²) in [5.74, 6) is 3.37. The fourth-order valence-electron chi connectivity index (χ4n) is 4.12. The highest BCUT2D eigenvalue weighted by Crippen LogP contribution is 2.33. The van der Waals surface area contributed by atoms with E-state index in [1.165, 1.54) is 10.8 Å². The summed E-state index contributed by atoms with van der Waals surface area (Å²) in [6, 6.07) is 12.7. The molecule has 10 heteroatoms. The Labute approximate surface area is 199 Å². The molecule has 5 aromatic rings. The van der Waals surface area contributed by atoms with Crippen molar-refractivity contribution in [3.05, 3.63) is 65.2 Å². The maximum Gasteiger partial charge on any atom is 0.266 e. The molecule has 0 spiro atoms. The SMILES string of the molecule is COc1ccc(OC)c(-n2ccc3c(cnc4nc(-c5ccc6c(c5)OCCCO6)nn43)c2=O)c1. The van der Waals surface area contributed by atoms with Gasteiger partial charge in [0.15, 0.2) is 17.3 Å². The minimum Gasteiger partial charge on any atom is -0.497 e. The number of pyridine rings is 1. The monoisotopic (exact) mass is 471 g/mol. The molecule has 2 aromatic carbocycles. The molecule has 0 fully saturated rings. The van der Waals surface area contributed by atoms with Crippen LogP contribution in [0.25, 0.3) is 33.8 Å². The van der Waals surface area contributed by atoms with E-state index in [4.69, 9.17) is 18.9 Å². The number of hydrogen-bond acceptors (Lipinski definition) is 8. The summed E-state index contributed by atoms with van der Waals surface area (Å²) >= 11 is 0. The van der Waals surface area contributed by atoms with E-state index in [0.29, 0.717) is 64.4 Å². The van der Waals surface area contributed by atoms with E-state index < -0.39 is 0 Å². The molecule has 0 radical (unpaired) electrons. The Morgan fingerprint density at radius 1 is 0.971 bits per heavy atom. The second kappa shape index (κ2) is 8.32. The van der Waals surface area contributed by atoms with Crippen molar-refractivity contribution in [1.82, 2.24) is 24.1 Å². The predicted octanol–water partition coefficient (Wildman–Crippen LogP) is 3.27. The van der Waals surface area contributed by atoms with E-state index in [9.17, 15) is 4.79 Å². The Bertz CT molecular complexity index is 1640. The summed E-state index contributed by atoms with van der Waals surface area (Å²) in [4.78, 5) is 22.4. The molecular weight excluding hydrogens is 450 g/mol. The topological polar surface area (TPSA) is 102 Å². The fourth-order valence-corrected chi connectivity index (χ4v) is 4.12. The van der Waals surface area contributed by atoms with Gasteiger partial charge in [0.05, 0.1) is 44.0 Å². The second-order valence-electron chi connectivity index (χ2n) is 7.94. The van der Waals surface area contributed by atoms with E-state index in [1.54, 1.807) is 49.2 Å². The number of fused-ring (bicyclic) bond motifs is 4. The Balaban J connectivity index is 1.48. The van der Waals surface area contributed by atoms with Gasteiger partial charge < -0.3 is 18.9 Å². The predicted molar refractivity (Wildman–Crippen MR) is 128 cm³/mol. The van der Waals surface area contributed by atoms with Crippen LogP contribution in [0.2, 0.25) is 0 Å². The number of aromatic nitrogens is 5. The molecule has 176 valence electrons. The average Bonchev–Trinajstić information content (AvgIpc) is 3.20. The van der Waals surface area contributed by atoms with Crippen molar-refractivity contribution in [2.45, 2.75) is 6.42 Å². The largest absolute Gasteiger partial charge is 0.497 e. The first-order chi connectivity index (χ1) is 17.2. The normalized spacial score (nSPS) is 13.1. The molecular formula is C25H21N5O5. The number of nitrogens with zero attached hydrogens (tertiary/aromatic N) is 5. The molecule has 0 N–H and O–H groups in total. The van der Waals surface area contributed by atoms with E-state index in [1.807, 2.05) is 18.2 Å². The molecule has 1 aliphatic rings. The molecule has 3 aromatic heterocycles. The lowest BCUT2D eigenvalue weighted by molar-refractivity contribution is 0.297. The van der Waals surface area contributed by atoms with Crippen molar-refractivity contribution in [2.24, 2.45) is 0 Å². The van der Waals surface area contributed by atoms with Crippen molar-refractivity contribution in [3.63, 3.8) is 0 Å². The van der Waals surface area contributed by atoms with Crippen LogP contribution in [0, 0.1) is 0 Å². The Morgan fingerprint density at radius 2 is 1.83 bits per heavy atom. The number of benzene rings is 2. The number of rotatable bonds is 4. The van der Waals surface area contributed by atoms with Gasteiger partial charge in [-0.05, 0) is 36.4 Å². The van der Waals surface area contributed by atoms with Crippen LogP contribution in [0.1, 0.15) is 6.42 Å². The lowest BCUT2D eigenvalue weighted by Crippen LogP contribution is -2.19. The summed E-state index contributed by atoms with van der Waals surface area (Å²) in [5.41, 5.74) is 1.65. The highest BCUT2D eigenvalue weighted by atomic mass is 16.5. The maximum absolute atomic E-state index is 13.4. The Hall–Kier alpha value is -4.60. The van der Waals surface area contributed by atoms with Crippen LogP contribution in [0.4, 0.5) is 0 Å². The van der Waals surface area contributed by atoms with Gasteiger partial charge in [0.1, 0.15) is 11.5 Å². The van der Waals surface area contributed by atoms with E-state index >= 15 is 0 Å². The van der Waals surface area contributed by atoms with Crippen molar-refractivity contribution in [1.29, 1.82) is 0 Å². The first-order valence-electron chi connectivity index (χ1n) is 11.1. The summed E-state index contributed by atoms with van der Waals surface area (Å²) in [6.45, 7) is 1.21. The number of methoxy groups -OCH3 is 2. The smallest absolute Gasteiger partial charge is 0.266 e. The molecule has 4 heterocycles. The molecule has 0 saturated carbocycles. The van der Waals surface area contributed by atoms with Gasteiger partial charge in [-0.25, -0.2) is 4.98 Å². The molecule has 6 rings (SSSR count). The zero-order valence-corrected chi connectivity index (χ0v) is 19.1. The quantitative estimate of drug-likeness (QED) is 0.394. The van der Waals surface area contributed by atoms with E-state index in [2.05, 4.69) is 15.1 Å². The number of hydrogen-bond donors (Lipinski definition) is 0. The van der Waals surface area contributed by atoms with Crippen molar-refractivity contribution >= 4 is 16.7 Å². The zero-order valence-electron chi connectivity index (χ0n) is 19.1. The van der Waals surface area contributed by atoms with Crippen molar-refractivity contribution in [3.8, 4) is 40.1 Å². The van der Waals surface area contributed by atoms with Gasteiger partial charge in [0.2, 0.25) is 0 Å². The van der Waals surface area contributed by atoms with Crippen LogP contribution in [0.5, 0.6) is 23.0 Å². The lowest BCUT2D eigenvalue weighted by atomic mass is 10.2. The minimum atomic E-state index is -0.268. The second-order valence-corrected chi connectivity index (χ2v) is 7.94. The molecule has 1 aliphatic heterocycles. The molecule has 0 bridgehead atoms. The van der Waals surface area contributed by atoms with Gasteiger partial charge in [0.25, 0.3) is 11.3 Å². The van der Waals surface area contributed by atoms with Gasteiger partial charge >= 0.3 is 0 Å². The van der Waals surface area contributed by atoms with Gasteiger partial charge in [-0.2, -0.15) is 9.50 Å². The third-order valence-corrected chi connectivity index (χ3v) is 5.89. The minimum absolute atomic E-state index is 0.268. The van der Waals surface area contributed by atoms with Crippen LogP contribution in [0.3, 0.4) is 0 Å². The van der Waals surface area contributed by atoms with E-state index in [0.717, 1.165) is 12.0 Å². The molecule has 0 amide bonds. The van der Waals surface area contributed by atoms with Gasteiger partial charge in [0, 0.05) is 30.4 Å². The molecule has 0 unspecified atom stereocenters. The van der Waals surface area contributed by atoms with Gasteiger partial charge in [-0.15, -0.1) is 5.10 Å². The average molecular weight is 471 g/mol. The number of ether oxygens (including phenoxy) is 4. The Kier molecular flexibility index (Phi) is 4.98. The van der Waals surface area contributed by atoms with Crippen molar-refractivity contribution < 1.29 is 18.9 Å². The molecule has 0 saturated heterocycles. The molecule has 35 heavy (non-hydrogen) atoms. The van der Waals surface area contributed by atoms with Crippen LogP contribution in [-0.2, 0) is 0 Å². The van der Waals surface area contributed by atoms with Crippen molar-refractivity contribution in [2.75, 3.05) is 27.4 Å². The first-order valence-corrected chi connectivity index (χ1v) is 11.1. The van der Waals surface area contributed by atoms with Crippen LogP contribution in [-0.4, -0.2) is 51.6 Å². The maximum atomic E-state index is 13.4. The third-order valence-electron chi connectivity index (χ3n) is 5.89. The molecule has 0 aliphatic carbocycles. The standard InChI is InChI=1S/C25H21N5O5/c1-32-16-5-7-20(33-2)19(13-16)29-9-8-18-17(24(29)31)14-26-25-27-23(28-30(18)25)15-4-6-21-22(12-15)35-11-3-10-34-21/h4-9,12-14H,3,10-11H2,1-2H3. The van der Waals surface area contributed by atoms with Crippen LogP contribution in [0.15, 0.2) is 59.7 Å². The molecule has 0 atom stereocenters. The summed E-state index contributed by atoms with van der Waals surface area (Å²) in [7, 11) is 3.13. The first kappa shape index (κ1) is 21.0. The highest BCUT2D eigenvalue weighted by molar-refractivity contribution is 5.79. The Morgan fingerprint density at radius 3 is 2.66 bits per heavy atom. The van der Waals surface area contributed by atoms with Crippen LogP contribution < -0.4 is 24.5 Å². The molecule has 10 nitrogen and oxygen atoms in total.